The number of hydrogen-bond acceptors (Lipinski definition) is 5. The van der Waals surface area contributed by atoms with Crippen LogP contribution in [0.25, 0.3) is 0 Å². The summed E-state index contributed by atoms with van der Waals surface area (Å²) in [6.45, 7) is 2.07. The molecule has 0 aliphatic heterocycles. The van der Waals surface area contributed by atoms with Gasteiger partial charge < -0.3 is 14.2 Å². The smallest absolute Gasteiger partial charge is 0.271 e. The van der Waals surface area contributed by atoms with Gasteiger partial charge in [-0.05, 0) is 36.2 Å². The van der Waals surface area contributed by atoms with E-state index < -0.39 is 0 Å². The van der Waals surface area contributed by atoms with Gasteiger partial charge in [0.05, 0.1) is 27.5 Å². The molecule has 0 bridgehead atoms. The van der Waals surface area contributed by atoms with E-state index in [0.717, 1.165) is 6.42 Å². The Labute approximate surface area is 147 Å². The van der Waals surface area contributed by atoms with Gasteiger partial charge in [0.25, 0.3) is 5.91 Å². The molecule has 0 aliphatic rings. The van der Waals surface area contributed by atoms with Crippen molar-refractivity contribution in [2.24, 2.45) is 5.10 Å². The second-order valence-corrected chi connectivity index (χ2v) is 5.21. The van der Waals surface area contributed by atoms with Crippen LogP contribution >= 0.6 is 0 Å². The van der Waals surface area contributed by atoms with Crippen LogP contribution in [0.3, 0.4) is 0 Å². The van der Waals surface area contributed by atoms with Crippen molar-refractivity contribution in [2.75, 3.05) is 21.3 Å². The molecule has 2 rings (SSSR count). The number of carbonyl (C=O) groups excluding carboxylic acids is 1. The van der Waals surface area contributed by atoms with E-state index in [0.29, 0.717) is 28.4 Å². The fraction of sp³-hybridized carbons (Fsp3) is 0.263. The van der Waals surface area contributed by atoms with Gasteiger partial charge in [-0.15, -0.1) is 0 Å². The first kappa shape index (κ1) is 18.3. The van der Waals surface area contributed by atoms with Gasteiger partial charge in [-0.25, -0.2) is 5.43 Å². The molecule has 0 fully saturated rings. The number of ether oxygens (including phenoxy) is 3. The molecular formula is C19H22N2O4. The Balaban J connectivity index is 2.11. The predicted octanol–water partition coefficient (Wildman–Crippen LogP) is 3.04. The number of aryl methyl sites for hydroxylation is 1. The third-order valence-corrected chi connectivity index (χ3v) is 3.69. The molecule has 0 spiro atoms. The van der Waals surface area contributed by atoms with Crippen molar-refractivity contribution in [3.8, 4) is 17.2 Å². The average Bonchev–Trinajstić information content (AvgIpc) is 2.66. The second kappa shape index (κ2) is 8.73. The van der Waals surface area contributed by atoms with Crippen LogP contribution in [-0.4, -0.2) is 33.5 Å². The molecule has 0 aromatic heterocycles. The highest BCUT2D eigenvalue weighted by molar-refractivity contribution is 5.95. The molecule has 0 aliphatic carbocycles. The lowest BCUT2D eigenvalue weighted by Gasteiger charge is -2.12. The summed E-state index contributed by atoms with van der Waals surface area (Å²) in [5.41, 5.74) is 4.94. The second-order valence-electron chi connectivity index (χ2n) is 5.21. The number of nitrogens with zero attached hydrogens (tertiary/aromatic N) is 1. The first-order chi connectivity index (χ1) is 12.1. The van der Waals surface area contributed by atoms with Crippen LogP contribution in [0.5, 0.6) is 17.2 Å². The maximum Gasteiger partial charge on any atom is 0.271 e. The molecule has 2 aromatic carbocycles. The minimum Gasteiger partial charge on any atom is -0.493 e. The van der Waals surface area contributed by atoms with Crippen molar-refractivity contribution in [1.29, 1.82) is 0 Å². The van der Waals surface area contributed by atoms with Crippen molar-refractivity contribution < 1.29 is 19.0 Å². The van der Waals surface area contributed by atoms with E-state index in [-0.39, 0.29) is 5.91 Å². The number of hydrogen-bond donors (Lipinski definition) is 1. The van der Waals surface area contributed by atoms with E-state index in [1.165, 1.54) is 18.9 Å². The Morgan fingerprint density at radius 2 is 1.64 bits per heavy atom. The summed E-state index contributed by atoms with van der Waals surface area (Å²) < 4.78 is 15.8. The molecule has 0 radical (unpaired) electrons. The number of nitrogens with one attached hydrogen (secondary N) is 1. The lowest BCUT2D eigenvalue weighted by Crippen LogP contribution is -2.17. The van der Waals surface area contributed by atoms with Gasteiger partial charge in [0.2, 0.25) is 5.75 Å². The van der Waals surface area contributed by atoms with Gasteiger partial charge in [0, 0.05) is 11.1 Å². The highest BCUT2D eigenvalue weighted by Gasteiger charge is 2.12. The molecule has 0 atom stereocenters. The molecule has 25 heavy (non-hydrogen) atoms. The normalized spacial score (nSPS) is 10.6. The van der Waals surface area contributed by atoms with E-state index in [2.05, 4.69) is 17.5 Å². The van der Waals surface area contributed by atoms with Gasteiger partial charge in [-0.1, -0.05) is 19.1 Å². The monoisotopic (exact) mass is 342 g/mol. The fourth-order valence-electron chi connectivity index (χ4n) is 2.30. The van der Waals surface area contributed by atoms with Gasteiger partial charge in [-0.3, -0.25) is 4.79 Å². The third-order valence-electron chi connectivity index (χ3n) is 3.69. The van der Waals surface area contributed by atoms with E-state index in [9.17, 15) is 4.79 Å². The zero-order chi connectivity index (χ0) is 18.2. The summed E-state index contributed by atoms with van der Waals surface area (Å²) in [4.78, 5) is 12.1. The van der Waals surface area contributed by atoms with Gasteiger partial charge in [-0.2, -0.15) is 5.10 Å². The fourth-order valence-corrected chi connectivity index (χ4v) is 2.30. The first-order valence-corrected chi connectivity index (χ1v) is 7.85. The van der Waals surface area contributed by atoms with Crippen LogP contribution in [0, 0.1) is 0 Å². The number of amides is 1. The molecule has 0 saturated heterocycles. The van der Waals surface area contributed by atoms with Crippen LogP contribution in [0.15, 0.2) is 41.5 Å². The molecule has 0 heterocycles. The topological polar surface area (TPSA) is 69.2 Å². The third kappa shape index (κ3) is 4.50. The first-order valence-electron chi connectivity index (χ1n) is 7.85. The SMILES string of the molecule is CCc1ccc(C(=O)N/N=C\c2cc(OC)c(OC)c(OC)c2)cc1. The zero-order valence-electron chi connectivity index (χ0n) is 14.8. The molecule has 6 nitrogen and oxygen atoms in total. The van der Waals surface area contributed by atoms with Crippen LogP contribution in [0.1, 0.15) is 28.4 Å². The number of rotatable bonds is 7. The molecule has 6 heteroatoms. The number of benzene rings is 2. The highest BCUT2D eigenvalue weighted by atomic mass is 16.5. The molecule has 0 saturated carbocycles. The van der Waals surface area contributed by atoms with E-state index >= 15 is 0 Å². The lowest BCUT2D eigenvalue weighted by atomic mass is 10.1. The van der Waals surface area contributed by atoms with E-state index in [1.54, 1.807) is 38.5 Å². The van der Waals surface area contributed by atoms with Gasteiger partial charge >= 0.3 is 0 Å². The number of methoxy groups -OCH3 is 3. The largest absolute Gasteiger partial charge is 0.493 e. The Bertz CT molecular complexity index is 730. The maximum atomic E-state index is 12.1. The molecule has 2 aromatic rings. The summed E-state index contributed by atoms with van der Waals surface area (Å²) in [7, 11) is 4.62. The van der Waals surface area contributed by atoms with Crippen molar-refractivity contribution in [1.82, 2.24) is 5.43 Å². The Morgan fingerprint density at radius 1 is 1.04 bits per heavy atom. The van der Waals surface area contributed by atoms with Crippen LogP contribution < -0.4 is 19.6 Å². The quantitative estimate of drug-likeness (QED) is 0.620. The molecule has 1 amide bonds. The highest BCUT2D eigenvalue weighted by Crippen LogP contribution is 2.37. The Kier molecular flexibility index (Phi) is 6.39. The number of hydrazone groups is 1. The minimum absolute atomic E-state index is 0.272. The van der Waals surface area contributed by atoms with Crippen molar-refractivity contribution in [2.45, 2.75) is 13.3 Å². The van der Waals surface area contributed by atoms with Crippen molar-refractivity contribution in [3.63, 3.8) is 0 Å². The standard InChI is InChI=1S/C19H22N2O4/c1-5-13-6-8-15(9-7-13)19(22)21-20-12-14-10-16(23-2)18(25-4)17(11-14)24-3/h6-12H,5H2,1-4H3,(H,21,22)/b20-12-. The van der Waals surface area contributed by atoms with Gasteiger partial charge in [0.15, 0.2) is 11.5 Å². The van der Waals surface area contributed by atoms with Crippen molar-refractivity contribution in [3.05, 3.63) is 53.1 Å². The average molecular weight is 342 g/mol. The van der Waals surface area contributed by atoms with E-state index in [1.807, 2.05) is 12.1 Å². The zero-order valence-corrected chi connectivity index (χ0v) is 14.8. The summed E-state index contributed by atoms with van der Waals surface area (Å²) in [6.07, 6.45) is 2.45. The lowest BCUT2D eigenvalue weighted by molar-refractivity contribution is 0.0955. The van der Waals surface area contributed by atoms with Crippen LogP contribution in [0.2, 0.25) is 0 Å². The Morgan fingerprint density at radius 3 is 2.12 bits per heavy atom. The molecule has 1 N–H and O–H groups in total. The predicted molar refractivity (Wildman–Crippen MR) is 97.0 cm³/mol. The van der Waals surface area contributed by atoms with Gasteiger partial charge in [0.1, 0.15) is 0 Å². The van der Waals surface area contributed by atoms with Crippen LogP contribution in [-0.2, 0) is 6.42 Å². The molecular weight excluding hydrogens is 320 g/mol. The summed E-state index contributed by atoms with van der Waals surface area (Å²) in [5, 5.41) is 3.99. The molecule has 0 unspecified atom stereocenters. The minimum atomic E-state index is -0.272. The Hall–Kier alpha value is -3.02. The molecule has 132 valence electrons. The maximum absolute atomic E-state index is 12.1. The van der Waals surface area contributed by atoms with Crippen LogP contribution in [0.4, 0.5) is 0 Å². The van der Waals surface area contributed by atoms with Crippen molar-refractivity contribution >= 4 is 12.1 Å². The summed E-state index contributed by atoms with van der Waals surface area (Å²) >= 11 is 0. The summed E-state index contributed by atoms with van der Waals surface area (Å²) in [6, 6.07) is 10.9. The number of carbonyl (C=O) groups is 1. The summed E-state index contributed by atoms with van der Waals surface area (Å²) in [5.74, 6) is 1.27. The van der Waals surface area contributed by atoms with E-state index in [4.69, 9.17) is 14.2 Å².